The fourth-order valence-electron chi connectivity index (χ4n) is 1.14. The molecular weight excluding hydrogens is 253 g/mol. The van der Waals surface area contributed by atoms with E-state index in [1.165, 1.54) is 18.5 Å². The van der Waals surface area contributed by atoms with Crippen LogP contribution < -0.4 is 0 Å². The first-order chi connectivity index (χ1) is 7.58. The highest BCUT2D eigenvalue weighted by atomic mass is 35.5. The average Bonchev–Trinajstić information content (AvgIpc) is 2.66. The molecule has 82 valence electrons. The standard InChI is InChI=1S/C9H5Cl2N3O2/c10-4-1-5(11)7(12-2-4)8-13-3-6(14-8)9(15)16/h1-3H,(H,13,14)(H,15,16). The maximum atomic E-state index is 10.6. The molecule has 0 bridgehead atoms. The van der Waals surface area contributed by atoms with E-state index in [1.807, 2.05) is 0 Å². The third kappa shape index (κ3) is 2.00. The fraction of sp³-hybridized carbons (Fsp3) is 0. The second kappa shape index (κ2) is 4.11. The van der Waals surface area contributed by atoms with Crippen molar-refractivity contribution >= 4 is 29.2 Å². The minimum absolute atomic E-state index is 0.0252. The SMILES string of the molecule is O=C(O)c1cnc(-c2ncc(Cl)cc2Cl)[nH]1. The number of aromatic amines is 1. The lowest BCUT2D eigenvalue weighted by Crippen LogP contribution is -1.96. The van der Waals surface area contributed by atoms with Crippen molar-refractivity contribution in [2.45, 2.75) is 0 Å². The molecular formula is C9H5Cl2N3O2. The van der Waals surface area contributed by atoms with Crippen molar-refractivity contribution in [3.05, 3.63) is 34.2 Å². The topological polar surface area (TPSA) is 78.9 Å². The number of H-pyrrole nitrogens is 1. The summed E-state index contributed by atoms with van der Waals surface area (Å²) in [6, 6.07) is 1.51. The molecule has 0 aliphatic heterocycles. The van der Waals surface area contributed by atoms with Gasteiger partial charge in [-0.25, -0.2) is 14.8 Å². The number of hydrogen-bond donors (Lipinski definition) is 2. The van der Waals surface area contributed by atoms with Crippen LogP contribution in [0.4, 0.5) is 0 Å². The molecule has 2 heterocycles. The fourth-order valence-corrected chi connectivity index (χ4v) is 1.61. The summed E-state index contributed by atoms with van der Waals surface area (Å²) in [4.78, 5) is 21.1. The molecule has 7 heteroatoms. The Kier molecular flexibility index (Phi) is 2.80. The molecule has 2 N–H and O–H groups in total. The number of carbonyl (C=O) groups is 1. The van der Waals surface area contributed by atoms with Gasteiger partial charge < -0.3 is 10.1 Å². The summed E-state index contributed by atoms with van der Waals surface area (Å²) in [6.45, 7) is 0. The summed E-state index contributed by atoms with van der Waals surface area (Å²) in [7, 11) is 0. The van der Waals surface area contributed by atoms with Crippen molar-refractivity contribution in [2.24, 2.45) is 0 Å². The molecule has 2 aromatic rings. The van der Waals surface area contributed by atoms with Crippen molar-refractivity contribution in [1.82, 2.24) is 15.0 Å². The lowest BCUT2D eigenvalue weighted by atomic mass is 10.3. The summed E-state index contributed by atoms with van der Waals surface area (Å²) in [6.07, 6.45) is 2.61. The number of carboxylic acids is 1. The van der Waals surface area contributed by atoms with E-state index in [9.17, 15) is 4.79 Å². The normalized spacial score (nSPS) is 10.4. The number of rotatable bonds is 2. The van der Waals surface area contributed by atoms with Crippen LogP contribution in [0.15, 0.2) is 18.5 Å². The van der Waals surface area contributed by atoms with Gasteiger partial charge in [0, 0.05) is 6.20 Å². The molecule has 0 saturated carbocycles. The summed E-state index contributed by atoms with van der Waals surface area (Å²) in [5, 5.41) is 9.42. The number of halogens is 2. The molecule has 2 rings (SSSR count). The van der Waals surface area contributed by atoms with Gasteiger partial charge in [0.15, 0.2) is 5.82 Å². The van der Waals surface area contributed by atoms with E-state index >= 15 is 0 Å². The minimum Gasteiger partial charge on any atom is -0.477 e. The third-order valence-electron chi connectivity index (χ3n) is 1.84. The zero-order valence-corrected chi connectivity index (χ0v) is 9.25. The predicted octanol–water partition coefficient (Wildman–Crippen LogP) is 2.48. The number of imidazole rings is 1. The summed E-state index contributed by atoms with van der Waals surface area (Å²) in [5.74, 6) is -0.803. The van der Waals surface area contributed by atoms with Gasteiger partial charge in [-0.1, -0.05) is 23.2 Å². The van der Waals surface area contributed by atoms with E-state index in [0.29, 0.717) is 21.6 Å². The minimum atomic E-state index is -1.09. The third-order valence-corrected chi connectivity index (χ3v) is 2.33. The molecule has 0 unspecified atom stereocenters. The molecule has 0 saturated heterocycles. The van der Waals surface area contributed by atoms with Crippen molar-refractivity contribution in [3.63, 3.8) is 0 Å². The largest absolute Gasteiger partial charge is 0.477 e. The first-order valence-electron chi connectivity index (χ1n) is 4.17. The molecule has 0 radical (unpaired) electrons. The van der Waals surface area contributed by atoms with Gasteiger partial charge in [-0.3, -0.25) is 0 Å². The Morgan fingerprint density at radius 1 is 1.31 bits per heavy atom. The number of nitrogens with zero attached hydrogens (tertiary/aromatic N) is 2. The van der Waals surface area contributed by atoms with Gasteiger partial charge in [-0.2, -0.15) is 0 Å². The van der Waals surface area contributed by atoms with Crippen molar-refractivity contribution < 1.29 is 9.90 Å². The second-order valence-electron chi connectivity index (χ2n) is 2.93. The highest BCUT2D eigenvalue weighted by Gasteiger charge is 2.12. The van der Waals surface area contributed by atoms with Crippen LogP contribution in [0.2, 0.25) is 10.0 Å². The van der Waals surface area contributed by atoms with Crippen LogP contribution in [-0.2, 0) is 0 Å². The van der Waals surface area contributed by atoms with Crippen molar-refractivity contribution in [1.29, 1.82) is 0 Å². The van der Waals surface area contributed by atoms with E-state index in [1.54, 1.807) is 0 Å². The Hall–Kier alpha value is -1.59. The highest BCUT2D eigenvalue weighted by molar-refractivity contribution is 6.35. The molecule has 0 aliphatic rings. The molecule has 16 heavy (non-hydrogen) atoms. The number of nitrogens with one attached hydrogen (secondary N) is 1. The van der Waals surface area contributed by atoms with Gasteiger partial charge in [-0.15, -0.1) is 0 Å². The Morgan fingerprint density at radius 3 is 2.62 bits per heavy atom. The number of carboxylic acid groups (broad SMARTS) is 1. The van der Waals surface area contributed by atoms with E-state index in [4.69, 9.17) is 28.3 Å². The van der Waals surface area contributed by atoms with Gasteiger partial charge in [0.25, 0.3) is 0 Å². The van der Waals surface area contributed by atoms with Crippen LogP contribution in [0.5, 0.6) is 0 Å². The molecule has 5 nitrogen and oxygen atoms in total. The molecule has 0 aliphatic carbocycles. The van der Waals surface area contributed by atoms with Crippen LogP contribution in [0.3, 0.4) is 0 Å². The summed E-state index contributed by atoms with van der Waals surface area (Å²) < 4.78 is 0. The highest BCUT2D eigenvalue weighted by Crippen LogP contribution is 2.25. The maximum Gasteiger partial charge on any atom is 0.353 e. The average molecular weight is 258 g/mol. The number of pyridine rings is 1. The summed E-state index contributed by atoms with van der Waals surface area (Å²) in [5.41, 5.74) is 0.335. The maximum absolute atomic E-state index is 10.6. The van der Waals surface area contributed by atoms with E-state index in [-0.39, 0.29) is 5.69 Å². The molecule has 0 fully saturated rings. The van der Waals surface area contributed by atoms with Gasteiger partial charge >= 0.3 is 5.97 Å². The Morgan fingerprint density at radius 2 is 2.06 bits per heavy atom. The van der Waals surface area contributed by atoms with E-state index in [2.05, 4.69) is 15.0 Å². The zero-order chi connectivity index (χ0) is 11.7. The van der Waals surface area contributed by atoms with Gasteiger partial charge in [0.05, 0.1) is 16.2 Å². The first kappa shape index (κ1) is 10.9. The van der Waals surface area contributed by atoms with Gasteiger partial charge in [0.1, 0.15) is 11.4 Å². The van der Waals surface area contributed by atoms with E-state index in [0.717, 1.165) is 0 Å². The number of hydrogen-bond acceptors (Lipinski definition) is 3. The second-order valence-corrected chi connectivity index (χ2v) is 3.78. The molecule has 0 spiro atoms. The Bertz CT molecular complexity index is 553. The predicted molar refractivity (Wildman–Crippen MR) is 58.8 cm³/mol. The Labute approximate surface area is 100 Å². The van der Waals surface area contributed by atoms with Crippen LogP contribution >= 0.6 is 23.2 Å². The van der Waals surface area contributed by atoms with Crippen molar-refractivity contribution in [2.75, 3.05) is 0 Å². The number of aromatic nitrogens is 3. The lowest BCUT2D eigenvalue weighted by Gasteiger charge is -1.99. The Balaban J connectivity index is 2.46. The summed E-state index contributed by atoms with van der Waals surface area (Å²) >= 11 is 11.6. The quantitative estimate of drug-likeness (QED) is 0.867. The van der Waals surface area contributed by atoms with Crippen LogP contribution in [-0.4, -0.2) is 26.0 Å². The molecule has 2 aromatic heterocycles. The van der Waals surface area contributed by atoms with Gasteiger partial charge in [-0.05, 0) is 6.07 Å². The lowest BCUT2D eigenvalue weighted by molar-refractivity contribution is 0.0691. The van der Waals surface area contributed by atoms with E-state index < -0.39 is 5.97 Å². The van der Waals surface area contributed by atoms with Crippen LogP contribution in [0, 0.1) is 0 Å². The monoisotopic (exact) mass is 257 g/mol. The number of aromatic carboxylic acids is 1. The molecule has 0 aromatic carbocycles. The smallest absolute Gasteiger partial charge is 0.353 e. The zero-order valence-electron chi connectivity index (χ0n) is 7.74. The van der Waals surface area contributed by atoms with Gasteiger partial charge in [0.2, 0.25) is 0 Å². The molecule has 0 amide bonds. The van der Waals surface area contributed by atoms with Crippen LogP contribution in [0.25, 0.3) is 11.5 Å². The first-order valence-corrected chi connectivity index (χ1v) is 4.93. The molecule has 0 atom stereocenters. The van der Waals surface area contributed by atoms with Crippen LogP contribution in [0.1, 0.15) is 10.5 Å². The van der Waals surface area contributed by atoms with Crippen molar-refractivity contribution in [3.8, 4) is 11.5 Å².